The van der Waals surface area contributed by atoms with Gasteiger partial charge < -0.3 is 10.4 Å². The zero-order valence-electron chi connectivity index (χ0n) is 11.6. The van der Waals surface area contributed by atoms with Gasteiger partial charge in [0.2, 0.25) is 5.91 Å². The molecular weight excluding hydrogens is 292 g/mol. The Kier molecular flexibility index (Phi) is 4.59. The Morgan fingerprint density at radius 1 is 1.48 bits per heavy atom. The largest absolute Gasteiger partial charge is 0.481 e. The van der Waals surface area contributed by atoms with Crippen molar-refractivity contribution in [2.24, 2.45) is 7.05 Å². The third kappa shape index (κ3) is 3.82. The number of thioether (sulfide) groups is 1. The molecule has 2 aromatic rings. The van der Waals surface area contributed by atoms with Gasteiger partial charge in [-0.3, -0.25) is 9.59 Å². The molecule has 110 valence electrons. The summed E-state index contributed by atoms with van der Waals surface area (Å²) in [5.74, 6) is -0.351. The molecule has 0 fully saturated rings. The van der Waals surface area contributed by atoms with Gasteiger partial charge in [0.15, 0.2) is 0 Å². The first-order valence-electron chi connectivity index (χ1n) is 6.14. The summed E-state index contributed by atoms with van der Waals surface area (Å²) in [6.07, 6.45) is 0. The van der Waals surface area contributed by atoms with Crippen LogP contribution in [0.4, 0.5) is 5.69 Å². The molecule has 0 unspecified atom stereocenters. The third-order valence-corrected chi connectivity index (χ3v) is 3.68. The van der Waals surface area contributed by atoms with Crippen molar-refractivity contribution < 1.29 is 19.3 Å². The van der Waals surface area contributed by atoms with Gasteiger partial charge in [0.1, 0.15) is 5.75 Å². The number of carboxylic acids is 1. The van der Waals surface area contributed by atoms with E-state index in [1.54, 1.807) is 17.7 Å². The molecule has 0 aliphatic rings. The van der Waals surface area contributed by atoms with E-state index in [1.807, 2.05) is 18.2 Å². The zero-order chi connectivity index (χ0) is 15.4. The minimum absolute atomic E-state index is 0.0515. The molecule has 21 heavy (non-hydrogen) atoms. The van der Waals surface area contributed by atoms with Crippen molar-refractivity contribution in [3.63, 3.8) is 0 Å². The molecule has 0 atom stereocenters. The Bertz CT molecular complexity index is 684. The average Bonchev–Trinajstić information content (AvgIpc) is 2.77. The Morgan fingerprint density at radius 2 is 2.24 bits per heavy atom. The molecule has 0 spiro atoms. The SMILES string of the molecule is CC(=O)Nc1cccc(-c2[nH]nc(SCC(=O)O)[n+]2C)c1. The number of carbonyl (C=O) groups is 2. The molecule has 1 heterocycles. The Morgan fingerprint density at radius 3 is 2.90 bits per heavy atom. The van der Waals surface area contributed by atoms with Gasteiger partial charge in [0, 0.05) is 12.6 Å². The summed E-state index contributed by atoms with van der Waals surface area (Å²) in [7, 11) is 1.80. The van der Waals surface area contributed by atoms with Gasteiger partial charge in [-0.05, 0) is 30.0 Å². The Hall–Kier alpha value is -2.35. The summed E-state index contributed by atoms with van der Waals surface area (Å²) in [5.41, 5.74) is 1.53. The van der Waals surface area contributed by atoms with Gasteiger partial charge in [-0.2, -0.15) is 0 Å². The van der Waals surface area contributed by atoms with E-state index in [0.717, 1.165) is 23.1 Å². The van der Waals surface area contributed by atoms with Crippen molar-refractivity contribution in [2.45, 2.75) is 12.1 Å². The number of rotatable bonds is 5. The first-order chi connectivity index (χ1) is 9.97. The molecule has 8 heteroatoms. The first-order valence-corrected chi connectivity index (χ1v) is 7.13. The summed E-state index contributed by atoms with van der Waals surface area (Å²) < 4.78 is 1.78. The topological polar surface area (TPSA) is 99.0 Å². The number of hydrogen-bond donors (Lipinski definition) is 3. The maximum absolute atomic E-state index is 11.1. The number of amides is 1. The quantitative estimate of drug-likeness (QED) is 0.566. The molecule has 0 saturated heterocycles. The Labute approximate surface area is 125 Å². The third-order valence-electron chi connectivity index (χ3n) is 2.66. The van der Waals surface area contributed by atoms with Gasteiger partial charge in [0.25, 0.3) is 5.82 Å². The fraction of sp³-hybridized carbons (Fsp3) is 0.231. The van der Waals surface area contributed by atoms with E-state index in [1.165, 1.54) is 6.92 Å². The maximum Gasteiger partial charge on any atom is 0.337 e. The fourth-order valence-corrected chi connectivity index (χ4v) is 2.46. The van der Waals surface area contributed by atoms with Crippen LogP contribution in [0.15, 0.2) is 29.4 Å². The number of carbonyl (C=O) groups excluding carboxylic acids is 1. The van der Waals surface area contributed by atoms with Gasteiger partial charge in [-0.1, -0.05) is 6.07 Å². The predicted molar refractivity (Wildman–Crippen MR) is 77.9 cm³/mol. The number of nitrogens with one attached hydrogen (secondary N) is 2. The minimum atomic E-state index is -0.891. The van der Waals surface area contributed by atoms with Crippen LogP contribution < -0.4 is 9.88 Å². The molecule has 0 bridgehead atoms. The van der Waals surface area contributed by atoms with Crippen molar-refractivity contribution in [1.29, 1.82) is 0 Å². The van der Waals surface area contributed by atoms with Crippen molar-refractivity contribution >= 4 is 29.3 Å². The molecule has 2 rings (SSSR count). The molecule has 7 nitrogen and oxygen atoms in total. The molecule has 0 radical (unpaired) electrons. The lowest BCUT2D eigenvalue weighted by Crippen LogP contribution is -2.31. The number of nitrogens with zero attached hydrogens (tertiary/aromatic N) is 2. The average molecular weight is 307 g/mol. The number of aliphatic carboxylic acids is 1. The van der Waals surface area contributed by atoms with Crippen LogP contribution in [-0.4, -0.2) is 32.9 Å². The second-order valence-corrected chi connectivity index (χ2v) is 5.30. The van der Waals surface area contributed by atoms with Gasteiger partial charge in [-0.15, -0.1) is 5.10 Å². The number of anilines is 1. The summed E-state index contributed by atoms with van der Waals surface area (Å²) in [6.45, 7) is 1.45. The smallest absolute Gasteiger partial charge is 0.337 e. The normalized spacial score (nSPS) is 10.4. The van der Waals surface area contributed by atoms with Crippen LogP contribution in [0, 0.1) is 0 Å². The molecule has 0 aliphatic carbocycles. The van der Waals surface area contributed by atoms with Crippen LogP contribution in [0.1, 0.15) is 6.92 Å². The van der Waals surface area contributed by atoms with E-state index in [0.29, 0.717) is 10.8 Å². The van der Waals surface area contributed by atoms with E-state index < -0.39 is 5.97 Å². The molecule has 0 saturated carbocycles. The lowest BCUT2D eigenvalue weighted by molar-refractivity contribution is -0.698. The summed E-state index contributed by atoms with van der Waals surface area (Å²) in [5, 5.41) is 19.0. The molecule has 1 amide bonds. The first kappa shape index (κ1) is 15.0. The fourth-order valence-electron chi connectivity index (χ4n) is 1.81. The highest BCUT2D eigenvalue weighted by Gasteiger charge is 2.20. The van der Waals surface area contributed by atoms with E-state index in [4.69, 9.17) is 5.11 Å². The molecule has 0 aliphatic heterocycles. The maximum atomic E-state index is 11.1. The van der Waals surface area contributed by atoms with E-state index in [2.05, 4.69) is 15.5 Å². The number of H-pyrrole nitrogens is 1. The minimum Gasteiger partial charge on any atom is -0.481 e. The second-order valence-electron chi connectivity index (χ2n) is 4.36. The second kappa shape index (κ2) is 6.40. The van der Waals surface area contributed by atoms with Crippen LogP contribution in [0.5, 0.6) is 0 Å². The highest BCUT2D eigenvalue weighted by molar-refractivity contribution is 7.99. The monoisotopic (exact) mass is 307 g/mol. The van der Waals surface area contributed by atoms with Crippen molar-refractivity contribution in [2.75, 3.05) is 11.1 Å². The zero-order valence-corrected chi connectivity index (χ0v) is 12.4. The number of benzene rings is 1. The summed E-state index contributed by atoms with van der Waals surface area (Å²) in [6, 6.07) is 7.32. The van der Waals surface area contributed by atoms with E-state index in [9.17, 15) is 9.59 Å². The number of aromatic nitrogens is 3. The highest BCUT2D eigenvalue weighted by Crippen LogP contribution is 2.20. The van der Waals surface area contributed by atoms with Gasteiger partial charge in [0.05, 0.1) is 17.7 Å². The highest BCUT2D eigenvalue weighted by atomic mass is 32.2. The van der Waals surface area contributed by atoms with Crippen LogP contribution in [0.25, 0.3) is 11.4 Å². The number of aromatic amines is 1. The summed E-state index contributed by atoms with van der Waals surface area (Å²) in [4.78, 5) is 21.7. The van der Waals surface area contributed by atoms with Crippen LogP contribution in [0.3, 0.4) is 0 Å². The van der Waals surface area contributed by atoms with Gasteiger partial charge in [-0.25, -0.2) is 4.57 Å². The lowest BCUT2D eigenvalue weighted by Gasteiger charge is -2.03. The number of hydrogen-bond acceptors (Lipinski definition) is 4. The van der Waals surface area contributed by atoms with E-state index >= 15 is 0 Å². The van der Waals surface area contributed by atoms with Gasteiger partial charge >= 0.3 is 11.1 Å². The Balaban J connectivity index is 2.26. The molecule has 1 aromatic carbocycles. The van der Waals surface area contributed by atoms with Crippen molar-refractivity contribution in [3.8, 4) is 11.4 Å². The number of carboxylic acid groups (broad SMARTS) is 1. The molecule has 3 N–H and O–H groups in total. The van der Waals surface area contributed by atoms with E-state index in [-0.39, 0.29) is 11.7 Å². The molecular formula is C13H15N4O3S+. The lowest BCUT2D eigenvalue weighted by atomic mass is 10.2. The molecule has 1 aromatic heterocycles. The predicted octanol–water partition coefficient (Wildman–Crippen LogP) is 1.04. The van der Waals surface area contributed by atoms with Crippen LogP contribution in [-0.2, 0) is 16.6 Å². The van der Waals surface area contributed by atoms with Crippen LogP contribution in [0.2, 0.25) is 0 Å². The van der Waals surface area contributed by atoms with Crippen LogP contribution >= 0.6 is 11.8 Å². The standard InChI is InChI=1S/C13H14N4O3S/c1-8(18)14-10-5-3-4-9(6-10)12-15-16-13(17(12)2)21-7-11(19)20/h3-6H,7H2,1-2H3,(H2,14,18,19,20)/p+1. The van der Waals surface area contributed by atoms with Crippen molar-refractivity contribution in [3.05, 3.63) is 24.3 Å². The van der Waals surface area contributed by atoms with Crippen molar-refractivity contribution in [1.82, 2.24) is 10.2 Å². The summed E-state index contributed by atoms with van der Waals surface area (Å²) >= 11 is 1.14.